The molecule has 1 atom stereocenters. The molecule has 1 amide bonds. The number of nitrogens with zero attached hydrogens (tertiary/aromatic N) is 4. The average Bonchev–Trinajstić information content (AvgIpc) is 3.26. The summed E-state index contributed by atoms with van der Waals surface area (Å²) in [5.41, 5.74) is 1.05. The first-order chi connectivity index (χ1) is 17.0. The number of fused-ring (bicyclic) bond motifs is 3. The predicted octanol–water partition coefficient (Wildman–Crippen LogP) is 4.66. The van der Waals surface area contributed by atoms with Crippen molar-refractivity contribution in [2.45, 2.75) is 83.0 Å². The Kier molecular flexibility index (Phi) is 5.90. The topological polar surface area (TPSA) is 81.3 Å². The van der Waals surface area contributed by atoms with E-state index in [0.29, 0.717) is 34.0 Å². The fourth-order valence-corrected chi connectivity index (χ4v) is 8.37. The summed E-state index contributed by atoms with van der Waals surface area (Å²) in [6, 6.07) is 7.80. The Morgan fingerprint density at radius 2 is 1.83 bits per heavy atom. The summed E-state index contributed by atoms with van der Waals surface area (Å²) in [5.74, 6) is 3.51. The molecule has 2 aromatic heterocycles. The fourth-order valence-electron chi connectivity index (χ4n) is 7.62. The van der Waals surface area contributed by atoms with E-state index in [1.807, 2.05) is 28.7 Å². The van der Waals surface area contributed by atoms with Gasteiger partial charge in [0.25, 0.3) is 5.56 Å². The maximum Gasteiger partial charge on any atom is 0.262 e. The van der Waals surface area contributed by atoms with E-state index in [1.54, 1.807) is 4.57 Å². The molecule has 8 heteroatoms. The van der Waals surface area contributed by atoms with E-state index in [0.717, 1.165) is 36.1 Å². The van der Waals surface area contributed by atoms with Crippen molar-refractivity contribution in [2.75, 3.05) is 5.75 Å². The zero-order chi connectivity index (χ0) is 24.2. The molecule has 0 aliphatic heterocycles. The van der Waals surface area contributed by atoms with Crippen LogP contribution in [0.2, 0.25) is 0 Å². The highest BCUT2D eigenvalue weighted by Gasteiger charge is 2.53. The molecular weight excluding hydrogens is 458 g/mol. The van der Waals surface area contributed by atoms with Gasteiger partial charge >= 0.3 is 0 Å². The van der Waals surface area contributed by atoms with Crippen molar-refractivity contribution in [3.63, 3.8) is 0 Å². The van der Waals surface area contributed by atoms with Crippen LogP contribution in [0.1, 0.15) is 65.2 Å². The first kappa shape index (κ1) is 23.1. The highest BCUT2D eigenvalue weighted by molar-refractivity contribution is 7.99. The summed E-state index contributed by atoms with van der Waals surface area (Å²) in [7, 11) is 0. The number of rotatable bonds is 8. The van der Waals surface area contributed by atoms with Crippen LogP contribution in [0.25, 0.3) is 16.7 Å². The third kappa shape index (κ3) is 3.98. The largest absolute Gasteiger partial charge is 0.352 e. The van der Waals surface area contributed by atoms with Gasteiger partial charge in [0.15, 0.2) is 5.16 Å². The number of para-hydroxylation sites is 1. The minimum atomic E-state index is -0.0346. The van der Waals surface area contributed by atoms with Gasteiger partial charge in [-0.2, -0.15) is 0 Å². The van der Waals surface area contributed by atoms with Crippen LogP contribution in [0, 0.1) is 23.2 Å². The number of carbonyl (C=O) groups excluding carboxylic acids is 1. The molecule has 4 aliphatic rings. The fraction of sp³-hybridized carbons (Fsp3) is 0.630. The first-order valence-corrected chi connectivity index (χ1v) is 14.2. The van der Waals surface area contributed by atoms with Gasteiger partial charge in [0.1, 0.15) is 0 Å². The zero-order valence-electron chi connectivity index (χ0n) is 20.7. The average molecular weight is 494 g/mol. The quantitative estimate of drug-likeness (QED) is 0.462. The van der Waals surface area contributed by atoms with Crippen molar-refractivity contribution in [1.82, 2.24) is 24.5 Å². The Morgan fingerprint density at radius 3 is 2.51 bits per heavy atom. The summed E-state index contributed by atoms with van der Waals surface area (Å²) < 4.78 is 3.66. The molecule has 0 saturated heterocycles. The summed E-state index contributed by atoms with van der Waals surface area (Å²) in [5, 5.41) is 13.4. The van der Waals surface area contributed by atoms with E-state index < -0.39 is 0 Å². The molecule has 4 bridgehead atoms. The van der Waals surface area contributed by atoms with Gasteiger partial charge in [0.05, 0.1) is 16.7 Å². The number of nitrogens with one attached hydrogen (secondary N) is 1. The molecule has 1 N–H and O–H groups in total. The van der Waals surface area contributed by atoms with Crippen molar-refractivity contribution in [3.8, 4) is 0 Å². The number of carbonyl (C=O) groups is 1. The molecule has 2 heterocycles. The Hall–Kier alpha value is -2.35. The molecule has 0 spiro atoms. The lowest BCUT2D eigenvalue weighted by atomic mass is 9.48. The summed E-state index contributed by atoms with van der Waals surface area (Å²) in [6.07, 6.45) is 9.96. The van der Waals surface area contributed by atoms with Crippen molar-refractivity contribution in [3.05, 3.63) is 34.6 Å². The Balaban J connectivity index is 1.21. The molecule has 3 aromatic rings. The molecule has 1 unspecified atom stereocenters. The molecule has 4 saturated carbocycles. The van der Waals surface area contributed by atoms with Crippen LogP contribution in [0.15, 0.2) is 34.2 Å². The lowest BCUT2D eigenvalue weighted by molar-refractivity contribution is -0.123. The monoisotopic (exact) mass is 493 g/mol. The minimum absolute atomic E-state index is 0.0346. The third-order valence-electron chi connectivity index (χ3n) is 8.93. The molecule has 7 nitrogen and oxygen atoms in total. The van der Waals surface area contributed by atoms with Crippen LogP contribution in [-0.4, -0.2) is 36.9 Å². The molecule has 7 rings (SSSR count). The maximum atomic E-state index is 13.1. The number of aromatic nitrogens is 4. The lowest BCUT2D eigenvalue weighted by Crippen LogP contribution is -2.56. The van der Waals surface area contributed by atoms with Gasteiger partial charge < -0.3 is 5.32 Å². The molecule has 186 valence electrons. The minimum Gasteiger partial charge on any atom is -0.352 e. The van der Waals surface area contributed by atoms with E-state index in [4.69, 9.17) is 0 Å². The first-order valence-electron chi connectivity index (χ1n) is 13.3. The highest BCUT2D eigenvalue weighted by atomic mass is 32.2. The molecule has 1 aromatic carbocycles. The van der Waals surface area contributed by atoms with Gasteiger partial charge in [-0.15, -0.1) is 10.2 Å². The van der Waals surface area contributed by atoms with Gasteiger partial charge in [-0.25, -0.2) is 0 Å². The van der Waals surface area contributed by atoms with Crippen LogP contribution in [0.5, 0.6) is 0 Å². The lowest BCUT2D eigenvalue weighted by Gasteiger charge is -2.59. The van der Waals surface area contributed by atoms with Crippen LogP contribution < -0.4 is 10.9 Å². The number of thioether (sulfide) groups is 1. The van der Waals surface area contributed by atoms with Crippen LogP contribution >= 0.6 is 11.8 Å². The van der Waals surface area contributed by atoms with Crippen molar-refractivity contribution in [2.24, 2.45) is 23.2 Å². The van der Waals surface area contributed by atoms with E-state index >= 15 is 0 Å². The zero-order valence-corrected chi connectivity index (χ0v) is 21.5. The standard InChI is InChI=1S/C27H35N5O2S/c1-3-4-9-31-24(34)21-7-5-6-8-22(21)32-25(31)29-30-26(32)35-16-23(33)28-17(2)27-13-18-10-19(14-27)12-20(11-18)15-27/h5-8,17-20H,3-4,9-16H2,1-2H3,(H,28,33). The van der Waals surface area contributed by atoms with E-state index in [1.165, 1.54) is 50.3 Å². The summed E-state index contributed by atoms with van der Waals surface area (Å²) in [4.78, 5) is 26.2. The smallest absolute Gasteiger partial charge is 0.262 e. The number of hydrogen-bond acceptors (Lipinski definition) is 5. The second-order valence-corrected chi connectivity index (χ2v) is 12.2. The molecular formula is C27H35N5O2S. The number of aryl methyl sites for hydroxylation is 1. The van der Waals surface area contributed by atoms with Crippen LogP contribution in [-0.2, 0) is 11.3 Å². The predicted molar refractivity (Wildman–Crippen MR) is 139 cm³/mol. The SMILES string of the molecule is CCCCn1c(=O)c2ccccc2n2c(SCC(=O)NC(C)C34CC5CC(CC(C5)C3)C4)nnc12. The van der Waals surface area contributed by atoms with Crippen molar-refractivity contribution >= 4 is 34.3 Å². The third-order valence-corrected chi connectivity index (χ3v) is 9.86. The van der Waals surface area contributed by atoms with Gasteiger partial charge in [-0.3, -0.25) is 18.6 Å². The van der Waals surface area contributed by atoms with E-state index in [2.05, 4.69) is 29.4 Å². The maximum absolute atomic E-state index is 13.1. The van der Waals surface area contributed by atoms with Gasteiger partial charge in [-0.1, -0.05) is 37.2 Å². The second kappa shape index (κ2) is 8.95. The van der Waals surface area contributed by atoms with Crippen molar-refractivity contribution < 1.29 is 4.79 Å². The number of amides is 1. The van der Waals surface area contributed by atoms with Crippen molar-refractivity contribution in [1.29, 1.82) is 0 Å². The molecule has 35 heavy (non-hydrogen) atoms. The van der Waals surface area contributed by atoms with Gasteiger partial charge in [0, 0.05) is 12.6 Å². The van der Waals surface area contributed by atoms with E-state index in [-0.39, 0.29) is 17.5 Å². The summed E-state index contributed by atoms with van der Waals surface area (Å²) >= 11 is 1.40. The Bertz CT molecular complexity index is 1290. The van der Waals surface area contributed by atoms with E-state index in [9.17, 15) is 9.59 Å². The number of benzene rings is 1. The van der Waals surface area contributed by atoms with Gasteiger partial charge in [0.2, 0.25) is 11.7 Å². The molecule has 0 radical (unpaired) electrons. The highest BCUT2D eigenvalue weighted by Crippen LogP contribution is 2.61. The number of unbranched alkanes of at least 4 members (excludes halogenated alkanes) is 1. The Morgan fingerprint density at radius 1 is 1.14 bits per heavy atom. The second-order valence-electron chi connectivity index (χ2n) is 11.3. The number of hydrogen-bond donors (Lipinski definition) is 1. The van der Waals surface area contributed by atoms with Crippen LogP contribution in [0.4, 0.5) is 0 Å². The van der Waals surface area contributed by atoms with Crippen LogP contribution in [0.3, 0.4) is 0 Å². The Labute approximate surface area is 210 Å². The molecule has 4 fully saturated rings. The molecule has 4 aliphatic carbocycles. The normalized spacial score (nSPS) is 28.1. The summed E-state index contributed by atoms with van der Waals surface area (Å²) in [6.45, 7) is 4.94. The van der Waals surface area contributed by atoms with Gasteiger partial charge in [-0.05, 0) is 87.2 Å².